The molecule has 16 heavy (non-hydrogen) atoms. The number of β-amino-alcohol motifs (C(OH)–C–C–N with tert-alkyl or cyclic N) is 1. The molecule has 5 nitrogen and oxygen atoms in total. The monoisotopic (exact) mass is 222 g/mol. The Balaban J connectivity index is 2.07. The summed E-state index contributed by atoms with van der Waals surface area (Å²) in [7, 11) is 1.86. The first-order valence-corrected chi connectivity index (χ1v) is 5.62. The number of anilines is 1. The summed E-state index contributed by atoms with van der Waals surface area (Å²) in [6.45, 7) is 2.12. The van der Waals surface area contributed by atoms with Crippen LogP contribution in [0.1, 0.15) is 12.8 Å². The lowest BCUT2D eigenvalue weighted by Crippen LogP contribution is -2.53. The molecule has 1 unspecified atom stereocenters. The predicted octanol–water partition coefficient (Wildman–Crippen LogP) is 0.0273. The van der Waals surface area contributed by atoms with Crippen molar-refractivity contribution in [2.24, 2.45) is 0 Å². The van der Waals surface area contributed by atoms with Gasteiger partial charge in [0.05, 0.1) is 12.1 Å². The van der Waals surface area contributed by atoms with Gasteiger partial charge in [0.2, 0.25) is 5.95 Å². The second-order valence-corrected chi connectivity index (χ2v) is 4.33. The number of hydrogen-bond donors (Lipinski definition) is 2. The number of hydrogen-bond acceptors (Lipinski definition) is 5. The van der Waals surface area contributed by atoms with Gasteiger partial charge in [-0.05, 0) is 26.0 Å². The average Bonchev–Trinajstić information content (AvgIpc) is 2.30. The van der Waals surface area contributed by atoms with E-state index >= 15 is 0 Å². The topological polar surface area (TPSA) is 61.3 Å². The highest BCUT2D eigenvalue weighted by Crippen LogP contribution is 2.22. The molecule has 88 valence electrons. The average molecular weight is 222 g/mol. The summed E-state index contributed by atoms with van der Waals surface area (Å²) >= 11 is 0. The minimum atomic E-state index is -0.661. The van der Waals surface area contributed by atoms with E-state index < -0.39 is 5.60 Å². The maximum absolute atomic E-state index is 10.3. The fourth-order valence-corrected chi connectivity index (χ4v) is 2.21. The smallest absolute Gasteiger partial charge is 0.225 e. The Labute approximate surface area is 95.5 Å². The molecule has 1 aliphatic heterocycles. The lowest BCUT2D eigenvalue weighted by Gasteiger charge is -2.39. The Morgan fingerprint density at radius 2 is 2.25 bits per heavy atom. The maximum atomic E-state index is 10.3. The summed E-state index contributed by atoms with van der Waals surface area (Å²) in [6.07, 6.45) is 5.26. The van der Waals surface area contributed by atoms with Crippen molar-refractivity contribution in [1.82, 2.24) is 15.3 Å². The molecule has 1 saturated heterocycles. The van der Waals surface area contributed by atoms with Crippen LogP contribution in [0.15, 0.2) is 18.5 Å². The zero-order chi connectivity index (χ0) is 11.4. The summed E-state index contributed by atoms with van der Waals surface area (Å²) in [6, 6.07) is 1.80. The molecule has 2 rings (SSSR count). The van der Waals surface area contributed by atoms with E-state index in [1.807, 2.05) is 11.9 Å². The minimum Gasteiger partial charge on any atom is -0.387 e. The molecule has 0 saturated carbocycles. The van der Waals surface area contributed by atoms with Crippen LogP contribution in [0.5, 0.6) is 0 Å². The fourth-order valence-electron chi connectivity index (χ4n) is 2.21. The molecule has 2 N–H and O–H groups in total. The Hall–Kier alpha value is -1.20. The fraction of sp³-hybridized carbons (Fsp3) is 0.636. The summed E-state index contributed by atoms with van der Waals surface area (Å²) in [4.78, 5) is 10.5. The molecule has 2 heterocycles. The van der Waals surface area contributed by atoms with Crippen LogP contribution in [0.2, 0.25) is 0 Å². The van der Waals surface area contributed by atoms with E-state index in [0.29, 0.717) is 19.0 Å². The third-order valence-electron chi connectivity index (χ3n) is 2.90. The third kappa shape index (κ3) is 2.48. The van der Waals surface area contributed by atoms with E-state index in [0.717, 1.165) is 19.4 Å². The van der Waals surface area contributed by atoms with Crippen molar-refractivity contribution in [3.8, 4) is 0 Å². The quantitative estimate of drug-likeness (QED) is 0.755. The van der Waals surface area contributed by atoms with Crippen molar-refractivity contribution < 1.29 is 5.11 Å². The number of rotatable bonds is 3. The first kappa shape index (κ1) is 11.3. The summed E-state index contributed by atoms with van der Waals surface area (Å²) in [5, 5.41) is 13.4. The summed E-state index contributed by atoms with van der Waals surface area (Å²) in [5.41, 5.74) is -0.661. The third-order valence-corrected chi connectivity index (χ3v) is 2.90. The van der Waals surface area contributed by atoms with Gasteiger partial charge in [-0.1, -0.05) is 0 Å². The molecule has 1 aliphatic rings. The van der Waals surface area contributed by atoms with Crippen molar-refractivity contribution in [3.63, 3.8) is 0 Å². The zero-order valence-electron chi connectivity index (χ0n) is 9.56. The molecule has 1 atom stereocenters. The standard InChI is InChI=1S/C11H18N4O/c1-12-8-11(16)4-2-7-15(9-11)10-13-5-3-6-14-10/h3,5-6,12,16H,2,4,7-9H2,1H3. The van der Waals surface area contributed by atoms with E-state index in [2.05, 4.69) is 15.3 Å². The number of aliphatic hydroxyl groups is 1. The Morgan fingerprint density at radius 3 is 2.94 bits per heavy atom. The van der Waals surface area contributed by atoms with E-state index in [9.17, 15) is 5.11 Å². The van der Waals surface area contributed by atoms with Crippen molar-refractivity contribution in [3.05, 3.63) is 18.5 Å². The van der Waals surface area contributed by atoms with E-state index in [1.54, 1.807) is 18.5 Å². The SMILES string of the molecule is CNCC1(O)CCCN(c2ncccn2)C1. The minimum absolute atomic E-state index is 0.595. The van der Waals surface area contributed by atoms with Crippen LogP contribution in [-0.4, -0.2) is 47.4 Å². The molecule has 0 bridgehead atoms. The number of nitrogens with one attached hydrogen (secondary N) is 1. The number of likely N-dealkylation sites (N-methyl/N-ethyl adjacent to an activating group) is 1. The molecule has 0 aromatic carbocycles. The normalized spacial score (nSPS) is 25.8. The van der Waals surface area contributed by atoms with Crippen LogP contribution in [0.3, 0.4) is 0 Å². The van der Waals surface area contributed by atoms with Crippen molar-refractivity contribution in [2.75, 3.05) is 31.6 Å². The van der Waals surface area contributed by atoms with Crippen LogP contribution < -0.4 is 10.2 Å². The van der Waals surface area contributed by atoms with Crippen LogP contribution in [0.4, 0.5) is 5.95 Å². The summed E-state index contributed by atoms with van der Waals surface area (Å²) in [5.74, 6) is 0.705. The second kappa shape index (κ2) is 4.76. The van der Waals surface area contributed by atoms with Crippen molar-refractivity contribution in [1.29, 1.82) is 0 Å². The predicted molar refractivity (Wildman–Crippen MR) is 62.4 cm³/mol. The molecule has 0 aliphatic carbocycles. The van der Waals surface area contributed by atoms with Crippen LogP contribution >= 0.6 is 0 Å². The van der Waals surface area contributed by atoms with E-state index in [1.165, 1.54) is 0 Å². The van der Waals surface area contributed by atoms with E-state index in [-0.39, 0.29) is 0 Å². The first-order chi connectivity index (χ1) is 7.73. The lowest BCUT2D eigenvalue weighted by atomic mass is 9.93. The Kier molecular flexibility index (Phi) is 3.36. The Bertz CT molecular complexity index is 328. The van der Waals surface area contributed by atoms with Gasteiger partial charge in [0.25, 0.3) is 0 Å². The molecule has 0 spiro atoms. The van der Waals surface area contributed by atoms with Crippen molar-refractivity contribution in [2.45, 2.75) is 18.4 Å². The van der Waals surface area contributed by atoms with Gasteiger partial charge in [-0.3, -0.25) is 0 Å². The highest BCUT2D eigenvalue weighted by molar-refractivity contribution is 5.30. The molecule has 0 radical (unpaired) electrons. The van der Waals surface area contributed by atoms with Crippen LogP contribution in [-0.2, 0) is 0 Å². The molecule has 1 fully saturated rings. The highest BCUT2D eigenvalue weighted by atomic mass is 16.3. The number of aromatic nitrogens is 2. The Morgan fingerprint density at radius 1 is 1.50 bits per heavy atom. The number of piperidine rings is 1. The van der Waals surface area contributed by atoms with Crippen LogP contribution in [0, 0.1) is 0 Å². The van der Waals surface area contributed by atoms with Gasteiger partial charge in [0.1, 0.15) is 0 Å². The van der Waals surface area contributed by atoms with Gasteiger partial charge in [-0.25, -0.2) is 9.97 Å². The zero-order valence-corrected chi connectivity index (χ0v) is 9.56. The molecule has 1 aromatic heterocycles. The number of nitrogens with zero attached hydrogens (tertiary/aromatic N) is 3. The maximum Gasteiger partial charge on any atom is 0.225 e. The largest absolute Gasteiger partial charge is 0.387 e. The van der Waals surface area contributed by atoms with Gasteiger partial charge < -0.3 is 15.3 Å². The van der Waals surface area contributed by atoms with Gasteiger partial charge in [0, 0.05) is 25.5 Å². The molecule has 5 heteroatoms. The van der Waals surface area contributed by atoms with E-state index in [4.69, 9.17) is 0 Å². The second-order valence-electron chi connectivity index (χ2n) is 4.33. The van der Waals surface area contributed by atoms with Gasteiger partial charge in [-0.15, -0.1) is 0 Å². The molecule has 0 amide bonds. The highest BCUT2D eigenvalue weighted by Gasteiger charge is 2.33. The molecular weight excluding hydrogens is 204 g/mol. The molecular formula is C11H18N4O. The summed E-state index contributed by atoms with van der Waals surface area (Å²) < 4.78 is 0. The van der Waals surface area contributed by atoms with Gasteiger partial charge >= 0.3 is 0 Å². The lowest BCUT2D eigenvalue weighted by molar-refractivity contribution is 0.0277. The van der Waals surface area contributed by atoms with Gasteiger partial charge in [-0.2, -0.15) is 0 Å². The molecule has 1 aromatic rings. The van der Waals surface area contributed by atoms with Gasteiger partial charge in [0.15, 0.2) is 0 Å². The van der Waals surface area contributed by atoms with Crippen LogP contribution in [0.25, 0.3) is 0 Å². The van der Waals surface area contributed by atoms with Crippen molar-refractivity contribution >= 4 is 5.95 Å². The first-order valence-electron chi connectivity index (χ1n) is 5.62.